The smallest absolute Gasteiger partial charge is 0.298 e. The van der Waals surface area contributed by atoms with Crippen LogP contribution in [0.1, 0.15) is 39.8 Å². The van der Waals surface area contributed by atoms with Gasteiger partial charge in [0, 0.05) is 49.0 Å². The molecule has 1 aliphatic heterocycles. The number of rotatable bonds is 3. The maximum Gasteiger partial charge on any atom is 0.298 e. The molecule has 0 radical (unpaired) electrons. The molecule has 4 rings (SSSR count). The van der Waals surface area contributed by atoms with Gasteiger partial charge in [-0.2, -0.15) is 5.10 Å². The molecule has 1 aromatic carbocycles. The Hall–Kier alpha value is -3.44. The third-order valence-corrected chi connectivity index (χ3v) is 6.04. The zero-order valence-corrected chi connectivity index (χ0v) is 17.4. The first-order valence-electron chi connectivity index (χ1n) is 9.71. The van der Waals surface area contributed by atoms with Crippen LogP contribution in [0, 0.1) is 11.8 Å². The summed E-state index contributed by atoms with van der Waals surface area (Å²) in [5, 5.41) is 9.57. The monoisotopic (exact) mass is 419 g/mol. The van der Waals surface area contributed by atoms with E-state index in [1.54, 1.807) is 34.3 Å². The summed E-state index contributed by atoms with van der Waals surface area (Å²) in [6.45, 7) is 1.28. The highest BCUT2D eigenvalue weighted by Crippen LogP contribution is 2.30. The summed E-state index contributed by atoms with van der Waals surface area (Å²) < 4.78 is 1.60. The standard InChI is InChI=1S/C22H21N5O2S/c1-26-19(9-12-23-26)25-21(29)18-15-30-22(24-18)17-10-13-27(14-11-17)20(28)8-7-16-5-3-2-4-6-16/h2-6,9,12,15,17H,10-11,13-14H2,1H3,(H,25,29). The van der Waals surface area contributed by atoms with Crippen LogP contribution < -0.4 is 5.32 Å². The van der Waals surface area contributed by atoms with Crippen molar-refractivity contribution in [3.05, 3.63) is 64.2 Å². The van der Waals surface area contributed by atoms with Crippen molar-refractivity contribution in [2.24, 2.45) is 7.05 Å². The van der Waals surface area contributed by atoms with Crippen molar-refractivity contribution < 1.29 is 9.59 Å². The van der Waals surface area contributed by atoms with Crippen LogP contribution >= 0.6 is 11.3 Å². The summed E-state index contributed by atoms with van der Waals surface area (Å²) in [6.07, 6.45) is 3.26. The Morgan fingerprint density at radius 2 is 1.93 bits per heavy atom. The maximum atomic E-state index is 12.4. The molecule has 1 fully saturated rings. The predicted molar refractivity (Wildman–Crippen MR) is 115 cm³/mol. The predicted octanol–water partition coefficient (Wildman–Crippen LogP) is 2.89. The topological polar surface area (TPSA) is 80.1 Å². The molecule has 1 saturated heterocycles. The number of benzene rings is 1. The molecule has 8 heteroatoms. The molecule has 0 spiro atoms. The molecule has 152 valence electrons. The van der Waals surface area contributed by atoms with Crippen molar-refractivity contribution in [3.8, 4) is 11.8 Å². The summed E-state index contributed by atoms with van der Waals surface area (Å²) in [4.78, 5) is 31.1. The molecule has 3 aromatic rings. The van der Waals surface area contributed by atoms with E-state index in [1.165, 1.54) is 11.3 Å². The highest BCUT2D eigenvalue weighted by molar-refractivity contribution is 7.10. The minimum absolute atomic E-state index is 0.146. The van der Waals surface area contributed by atoms with Crippen LogP contribution in [0.2, 0.25) is 0 Å². The lowest BCUT2D eigenvalue weighted by Gasteiger charge is -2.29. The normalized spacial score (nSPS) is 14.1. The number of nitrogens with one attached hydrogen (secondary N) is 1. The van der Waals surface area contributed by atoms with Crippen molar-refractivity contribution >= 4 is 29.0 Å². The third-order valence-electron chi connectivity index (χ3n) is 5.04. The van der Waals surface area contributed by atoms with E-state index >= 15 is 0 Å². The Labute approximate surface area is 178 Å². The molecule has 3 heterocycles. The number of hydrogen-bond acceptors (Lipinski definition) is 5. The van der Waals surface area contributed by atoms with Crippen molar-refractivity contribution in [3.63, 3.8) is 0 Å². The van der Waals surface area contributed by atoms with E-state index in [4.69, 9.17) is 0 Å². The van der Waals surface area contributed by atoms with Gasteiger partial charge in [0.1, 0.15) is 11.5 Å². The number of carbonyl (C=O) groups is 2. The molecular weight excluding hydrogens is 398 g/mol. The summed E-state index contributed by atoms with van der Waals surface area (Å²) in [5.74, 6) is 6.13. The van der Waals surface area contributed by atoms with Gasteiger partial charge in [0.15, 0.2) is 0 Å². The van der Waals surface area contributed by atoms with E-state index in [-0.39, 0.29) is 17.7 Å². The third kappa shape index (κ3) is 4.58. The molecule has 0 atom stereocenters. The van der Waals surface area contributed by atoms with Gasteiger partial charge in [0.25, 0.3) is 11.8 Å². The fraction of sp³-hybridized carbons (Fsp3) is 0.273. The summed E-state index contributed by atoms with van der Waals surface area (Å²) in [6, 6.07) is 11.2. The second-order valence-electron chi connectivity index (χ2n) is 7.05. The molecule has 0 aliphatic carbocycles. The number of aryl methyl sites for hydroxylation is 1. The van der Waals surface area contributed by atoms with Crippen LogP contribution in [0.4, 0.5) is 5.82 Å². The Kier molecular flexibility index (Phi) is 5.91. The first kappa shape index (κ1) is 19.9. The number of likely N-dealkylation sites (tertiary alicyclic amines) is 1. The van der Waals surface area contributed by atoms with Crippen LogP contribution in [-0.4, -0.2) is 44.6 Å². The Morgan fingerprint density at radius 1 is 1.17 bits per heavy atom. The number of anilines is 1. The van der Waals surface area contributed by atoms with E-state index in [9.17, 15) is 9.59 Å². The quantitative estimate of drug-likeness (QED) is 0.662. The van der Waals surface area contributed by atoms with Crippen LogP contribution in [0.3, 0.4) is 0 Å². The summed E-state index contributed by atoms with van der Waals surface area (Å²) in [7, 11) is 1.77. The van der Waals surface area contributed by atoms with Gasteiger partial charge in [-0.25, -0.2) is 4.98 Å². The average Bonchev–Trinajstić information content (AvgIpc) is 3.43. The van der Waals surface area contributed by atoms with E-state index < -0.39 is 0 Å². The Bertz CT molecular complexity index is 1100. The lowest BCUT2D eigenvalue weighted by molar-refractivity contribution is -0.126. The van der Waals surface area contributed by atoms with Gasteiger partial charge in [-0.3, -0.25) is 14.3 Å². The SMILES string of the molecule is Cn1nccc1NC(=O)c1csc(C2CCN(C(=O)C#Cc3ccccc3)CC2)n1. The number of aromatic nitrogens is 3. The van der Waals surface area contributed by atoms with Gasteiger partial charge in [-0.1, -0.05) is 24.1 Å². The van der Waals surface area contributed by atoms with E-state index in [0.29, 0.717) is 24.6 Å². The number of hydrogen-bond donors (Lipinski definition) is 1. The molecule has 7 nitrogen and oxygen atoms in total. The minimum Gasteiger partial charge on any atom is -0.332 e. The van der Waals surface area contributed by atoms with Crippen molar-refractivity contribution in [1.29, 1.82) is 0 Å². The van der Waals surface area contributed by atoms with Crippen LogP contribution in [0.25, 0.3) is 0 Å². The Balaban J connectivity index is 1.32. The molecule has 0 unspecified atom stereocenters. The Morgan fingerprint density at radius 3 is 2.63 bits per heavy atom. The number of thiazole rings is 1. The highest BCUT2D eigenvalue weighted by atomic mass is 32.1. The fourth-order valence-corrected chi connectivity index (χ4v) is 4.28. The van der Waals surface area contributed by atoms with Gasteiger partial charge in [0.05, 0.1) is 11.2 Å². The van der Waals surface area contributed by atoms with Gasteiger partial charge in [-0.05, 0) is 25.0 Å². The van der Waals surface area contributed by atoms with Crippen LogP contribution in [0.15, 0.2) is 48.0 Å². The second kappa shape index (κ2) is 8.93. The van der Waals surface area contributed by atoms with E-state index in [0.717, 1.165) is 23.4 Å². The molecule has 0 bridgehead atoms. The van der Waals surface area contributed by atoms with Crippen LogP contribution in [-0.2, 0) is 11.8 Å². The lowest BCUT2D eigenvalue weighted by Crippen LogP contribution is -2.37. The first-order valence-corrected chi connectivity index (χ1v) is 10.6. The molecule has 2 amide bonds. The van der Waals surface area contributed by atoms with Crippen molar-refractivity contribution in [2.45, 2.75) is 18.8 Å². The number of nitrogens with zero attached hydrogens (tertiary/aromatic N) is 4. The van der Waals surface area contributed by atoms with Gasteiger partial charge >= 0.3 is 0 Å². The number of carbonyl (C=O) groups excluding carboxylic acids is 2. The molecular formula is C22H21N5O2S. The molecule has 1 N–H and O–H groups in total. The van der Waals surface area contributed by atoms with E-state index in [1.807, 2.05) is 30.3 Å². The molecule has 30 heavy (non-hydrogen) atoms. The maximum absolute atomic E-state index is 12.4. The van der Waals surface area contributed by atoms with Gasteiger partial charge in [0.2, 0.25) is 0 Å². The van der Waals surface area contributed by atoms with Crippen molar-refractivity contribution in [1.82, 2.24) is 19.7 Å². The van der Waals surface area contributed by atoms with Crippen molar-refractivity contribution in [2.75, 3.05) is 18.4 Å². The fourth-order valence-electron chi connectivity index (χ4n) is 3.31. The average molecular weight is 420 g/mol. The van der Waals surface area contributed by atoms with Gasteiger partial charge < -0.3 is 10.2 Å². The highest BCUT2D eigenvalue weighted by Gasteiger charge is 2.26. The minimum atomic E-state index is -0.245. The summed E-state index contributed by atoms with van der Waals surface area (Å²) in [5.41, 5.74) is 1.24. The zero-order valence-electron chi connectivity index (χ0n) is 16.5. The van der Waals surface area contributed by atoms with Crippen LogP contribution in [0.5, 0.6) is 0 Å². The largest absolute Gasteiger partial charge is 0.332 e. The first-order chi connectivity index (χ1) is 14.6. The second-order valence-corrected chi connectivity index (χ2v) is 7.94. The molecule has 1 aliphatic rings. The molecule has 0 saturated carbocycles. The molecule has 2 aromatic heterocycles. The number of amides is 2. The summed E-state index contributed by atoms with van der Waals surface area (Å²) >= 11 is 1.49. The van der Waals surface area contributed by atoms with E-state index in [2.05, 4.69) is 27.2 Å². The van der Waals surface area contributed by atoms with Gasteiger partial charge in [-0.15, -0.1) is 11.3 Å². The lowest BCUT2D eigenvalue weighted by atomic mass is 9.97. The zero-order chi connectivity index (χ0) is 20.9. The number of piperidine rings is 1.